The first-order valence-electron chi connectivity index (χ1n) is 6.02. The summed E-state index contributed by atoms with van der Waals surface area (Å²) in [6.45, 7) is 0.408. The van der Waals surface area contributed by atoms with Crippen LogP contribution in [0.25, 0.3) is 0 Å². The first-order chi connectivity index (χ1) is 10.0. The predicted octanol–water partition coefficient (Wildman–Crippen LogP) is 2.68. The van der Waals surface area contributed by atoms with E-state index in [0.29, 0.717) is 17.6 Å². The molecule has 0 amide bonds. The third-order valence-electron chi connectivity index (χ3n) is 2.80. The number of rotatable bonds is 5. The molecule has 8 heteroatoms. The summed E-state index contributed by atoms with van der Waals surface area (Å²) in [5, 5.41) is 11.5. The van der Waals surface area contributed by atoms with Gasteiger partial charge in [0.1, 0.15) is 5.15 Å². The molecule has 0 aliphatic rings. The number of pyridine rings is 2. The van der Waals surface area contributed by atoms with Crippen LogP contribution in [0.15, 0.2) is 30.5 Å². The molecule has 2 aromatic rings. The molecule has 0 unspecified atom stereocenters. The fourth-order valence-corrected chi connectivity index (χ4v) is 1.92. The van der Waals surface area contributed by atoms with Crippen LogP contribution < -0.4 is 9.64 Å². The van der Waals surface area contributed by atoms with E-state index in [1.165, 1.54) is 19.2 Å². The topological polar surface area (TPSA) is 81.4 Å². The molecule has 2 rings (SSSR count). The van der Waals surface area contributed by atoms with Gasteiger partial charge in [-0.15, -0.1) is 0 Å². The Bertz CT molecular complexity index is 648. The van der Waals surface area contributed by atoms with Crippen molar-refractivity contribution in [3.05, 3.63) is 51.3 Å². The maximum Gasteiger partial charge on any atom is 0.311 e. The molecule has 21 heavy (non-hydrogen) atoms. The normalized spacial score (nSPS) is 10.2. The van der Waals surface area contributed by atoms with Crippen LogP contribution in [0.2, 0.25) is 5.15 Å². The van der Waals surface area contributed by atoms with Crippen LogP contribution in [-0.2, 0) is 6.54 Å². The first-order valence-corrected chi connectivity index (χ1v) is 6.40. The SMILES string of the molecule is COc1ccc([N+](=O)[O-])c(N(C)Cc2ccc(Cl)nc2)n1. The molecule has 0 aliphatic heterocycles. The molecule has 0 saturated carbocycles. The molecule has 2 aromatic heterocycles. The number of halogens is 1. The van der Waals surface area contributed by atoms with Gasteiger partial charge in [-0.3, -0.25) is 10.1 Å². The van der Waals surface area contributed by atoms with Crippen molar-refractivity contribution in [2.45, 2.75) is 6.54 Å². The largest absolute Gasteiger partial charge is 0.481 e. The Labute approximate surface area is 126 Å². The number of methoxy groups -OCH3 is 1. The number of hydrogen-bond donors (Lipinski definition) is 0. The van der Waals surface area contributed by atoms with E-state index in [2.05, 4.69) is 9.97 Å². The minimum Gasteiger partial charge on any atom is -0.481 e. The Morgan fingerprint density at radius 3 is 2.71 bits per heavy atom. The van der Waals surface area contributed by atoms with E-state index in [0.717, 1.165) is 5.56 Å². The van der Waals surface area contributed by atoms with E-state index in [9.17, 15) is 10.1 Å². The van der Waals surface area contributed by atoms with Gasteiger partial charge in [-0.2, -0.15) is 4.98 Å². The molecule has 7 nitrogen and oxygen atoms in total. The number of anilines is 1. The van der Waals surface area contributed by atoms with Crippen molar-refractivity contribution in [2.24, 2.45) is 0 Å². The maximum atomic E-state index is 11.1. The number of nitrogens with zero attached hydrogens (tertiary/aromatic N) is 4. The Morgan fingerprint density at radius 1 is 1.38 bits per heavy atom. The second kappa shape index (κ2) is 6.36. The van der Waals surface area contributed by atoms with E-state index in [1.807, 2.05) is 0 Å². The van der Waals surface area contributed by atoms with Gasteiger partial charge in [-0.1, -0.05) is 17.7 Å². The van der Waals surface area contributed by atoms with Gasteiger partial charge >= 0.3 is 5.69 Å². The van der Waals surface area contributed by atoms with Crippen molar-refractivity contribution in [3.63, 3.8) is 0 Å². The summed E-state index contributed by atoms with van der Waals surface area (Å²) in [5.41, 5.74) is 0.779. The molecule has 110 valence electrons. The van der Waals surface area contributed by atoms with Gasteiger partial charge in [-0.25, -0.2) is 4.98 Å². The zero-order chi connectivity index (χ0) is 15.4. The van der Waals surface area contributed by atoms with Gasteiger partial charge in [0.2, 0.25) is 11.7 Å². The standard InChI is InChI=1S/C13H13ClN4O3/c1-17(8-9-3-5-11(14)15-7-9)13-10(18(19)20)4-6-12(16-13)21-2/h3-7H,8H2,1-2H3. The Kier molecular flexibility index (Phi) is 4.54. The Morgan fingerprint density at radius 2 is 2.14 bits per heavy atom. The summed E-state index contributed by atoms with van der Waals surface area (Å²) < 4.78 is 5.02. The summed E-state index contributed by atoms with van der Waals surface area (Å²) in [5.74, 6) is 0.547. The number of ether oxygens (including phenoxy) is 1. The van der Waals surface area contributed by atoms with Crippen molar-refractivity contribution in [1.29, 1.82) is 0 Å². The Balaban J connectivity index is 2.30. The average Bonchev–Trinajstić information content (AvgIpc) is 2.48. The molecule has 0 aromatic carbocycles. The van der Waals surface area contributed by atoms with Crippen molar-refractivity contribution in [1.82, 2.24) is 9.97 Å². The molecule has 0 spiro atoms. The zero-order valence-electron chi connectivity index (χ0n) is 11.5. The van der Waals surface area contributed by atoms with Gasteiger partial charge < -0.3 is 9.64 Å². The summed E-state index contributed by atoms with van der Waals surface area (Å²) in [4.78, 5) is 20.4. The summed E-state index contributed by atoms with van der Waals surface area (Å²) >= 11 is 5.73. The molecule has 0 bridgehead atoms. The minimum atomic E-state index is -0.474. The summed E-state index contributed by atoms with van der Waals surface area (Å²) in [7, 11) is 3.17. The quantitative estimate of drug-likeness (QED) is 0.480. The van der Waals surface area contributed by atoms with Gasteiger partial charge in [0.25, 0.3) is 0 Å². The van der Waals surface area contributed by atoms with E-state index >= 15 is 0 Å². The van der Waals surface area contributed by atoms with Gasteiger partial charge in [0.15, 0.2) is 0 Å². The van der Waals surface area contributed by atoms with Crippen LogP contribution in [0.4, 0.5) is 11.5 Å². The van der Waals surface area contributed by atoms with Gasteiger partial charge in [0, 0.05) is 31.9 Å². The molecule has 0 radical (unpaired) electrons. The highest BCUT2D eigenvalue weighted by molar-refractivity contribution is 6.29. The van der Waals surface area contributed by atoms with Crippen molar-refractivity contribution >= 4 is 23.1 Å². The zero-order valence-corrected chi connectivity index (χ0v) is 12.2. The van der Waals surface area contributed by atoms with Gasteiger partial charge in [-0.05, 0) is 11.6 Å². The molecule has 0 fully saturated rings. The lowest BCUT2D eigenvalue weighted by Gasteiger charge is -2.18. The van der Waals surface area contributed by atoms with Crippen molar-refractivity contribution in [3.8, 4) is 5.88 Å². The van der Waals surface area contributed by atoms with Gasteiger partial charge in [0.05, 0.1) is 12.0 Å². The highest BCUT2D eigenvalue weighted by atomic mass is 35.5. The fourth-order valence-electron chi connectivity index (χ4n) is 1.81. The van der Waals surface area contributed by atoms with Crippen LogP contribution >= 0.6 is 11.6 Å². The highest BCUT2D eigenvalue weighted by Gasteiger charge is 2.20. The van der Waals surface area contributed by atoms with Crippen molar-refractivity contribution in [2.75, 3.05) is 19.1 Å². The van der Waals surface area contributed by atoms with E-state index in [-0.39, 0.29) is 11.5 Å². The van der Waals surface area contributed by atoms with E-state index in [4.69, 9.17) is 16.3 Å². The Hall–Kier alpha value is -2.41. The average molecular weight is 309 g/mol. The molecule has 0 atom stereocenters. The van der Waals surface area contributed by atoms with E-state index in [1.54, 1.807) is 30.3 Å². The summed E-state index contributed by atoms with van der Waals surface area (Å²) in [6.07, 6.45) is 1.62. The molecule has 0 N–H and O–H groups in total. The smallest absolute Gasteiger partial charge is 0.311 e. The lowest BCUT2D eigenvalue weighted by Crippen LogP contribution is -2.19. The fraction of sp³-hybridized carbons (Fsp3) is 0.231. The lowest BCUT2D eigenvalue weighted by atomic mass is 10.2. The third kappa shape index (κ3) is 3.57. The predicted molar refractivity (Wildman–Crippen MR) is 78.8 cm³/mol. The second-order valence-corrected chi connectivity index (χ2v) is 4.69. The van der Waals surface area contributed by atoms with Crippen LogP contribution in [-0.4, -0.2) is 29.0 Å². The maximum absolute atomic E-state index is 11.1. The van der Waals surface area contributed by atoms with Crippen LogP contribution in [0.1, 0.15) is 5.56 Å². The highest BCUT2D eigenvalue weighted by Crippen LogP contribution is 2.28. The molecule has 0 saturated heterocycles. The van der Waals surface area contributed by atoms with E-state index < -0.39 is 4.92 Å². The summed E-state index contributed by atoms with van der Waals surface area (Å²) in [6, 6.07) is 6.30. The monoisotopic (exact) mass is 308 g/mol. The van der Waals surface area contributed by atoms with Crippen LogP contribution in [0, 0.1) is 10.1 Å². The molecular weight excluding hydrogens is 296 g/mol. The number of hydrogen-bond acceptors (Lipinski definition) is 6. The van der Waals surface area contributed by atoms with Crippen LogP contribution in [0.3, 0.4) is 0 Å². The van der Waals surface area contributed by atoms with Crippen LogP contribution in [0.5, 0.6) is 5.88 Å². The lowest BCUT2D eigenvalue weighted by molar-refractivity contribution is -0.384. The first kappa shape index (κ1) is 15.0. The molecule has 0 aliphatic carbocycles. The third-order valence-corrected chi connectivity index (χ3v) is 3.03. The molecule has 2 heterocycles. The minimum absolute atomic E-state index is 0.0831. The number of nitro groups is 1. The molecular formula is C13H13ClN4O3. The number of aromatic nitrogens is 2. The second-order valence-electron chi connectivity index (χ2n) is 4.30. The van der Waals surface area contributed by atoms with Crippen molar-refractivity contribution < 1.29 is 9.66 Å².